The van der Waals surface area contributed by atoms with E-state index in [1.807, 2.05) is 38.1 Å². The van der Waals surface area contributed by atoms with Crippen molar-refractivity contribution in [3.05, 3.63) is 72.1 Å². The van der Waals surface area contributed by atoms with Gasteiger partial charge in [-0.1, -0.05) is 6.07 Å². The third-order valence-corrected chi connectivity index (χ3v) is 3.85. The van der Waals surface area contributed by atoms with Crippen molar-refractivity contribution in [3.8, 4) is 11.4 Å². The number of carbonyl (C=O) groups excluding carboxylic acids is 1. The second kappa shape index (κ2) is 7.61. The number of aromatic nitrogens is 4. The first-order valence-electron chi connectivity index (χ1n) is 8.07. The highest BCUT2D eigenvalue weighted by Gasteiger charge is 2.13. The maximum atomic E-state index is 12.4. The molecule has 3 aromatic rings. The zero-order valence-electron chi connectivity index (χ0n) is 14.2. The zero-order valence-corrected chi connectivity index (χ0v) is 14.2. The van der Waals surface area contributed by atoms with Crippen LogP contribution >= 0.6 is 0 Å². The predicted molar refractivity (Wildman–Crippen MR) is 94.9 cm³/mol. The summed E-state index contributed by atoms with van der Waals surface area (Å²) in [7, 11) is 0. The topological polar surface area (TPSA) is 80.7 Å². The van der Waals surface area contributed by atoms with Gasteiger partial charge in [0, 0.05) is 54.7 Å². The van der Waals surface area contributed by atoms with Crippen molar-refractivity contribution in [2.24, 2.45) is 0 Å². The smallest absolute Gasteiger partial charge is 0.254 e. The molecule has 3 aromatic heterocycles. The number of rotatable bonds is 5. The Labute approximate surface area is 146 Å². The van der Waals surface area contributed by atoms with E-state index in [0.29, 0.717) is 17.8 Å². The lowest BCUT2D eigenvalue weighted by Gasteiger charge is -2.14. The van der Waals surface area contributed by atoms with Gasteiger partial charge in [0.15, 0.2) is 5.82 Å². The number of nitrogens with zero attached hydrogens (tertiary/aromatic N) is 4. The molecule has 0 unspecified atom stereocenters. The van der Waals surface area contributed by atoms with Gasteiger partial charge in [-0.25, -0.2) is 9.97 Å². The van der Waals surface area contributed by atoms with Crippen LogP contribution < -0.4 is 5.32 Å². The Kier molecular flexibility index (Phi) is 5.09. The Morgan fingerprint density at radius 3 is 2.48 bits per heavy atom. The zero-order chi connectivity index (χ0) is 17.6. The maximum absolute atomic E-state index is 12.4. The lowest BCUT2D eigenvalue weighted by Crippen LogP contribution is -2.34. The highest BCUT2D eigenvalue weighted by molar-refractivity contribution is 5.93. The molecule has 1 atom stereocenters. The van der Waals surface area contributed by atoms with Crippen molar-refractivity contribution in [3.63, 3.8) is 0 Å². The summed E-state index contributed by atoms with van der Waals surface area (Å²) < 4.78 is 0. The van der Waals surface area contributed by atoms with Gasteiger partial charge < -0.3 is 5.32 Å². The normalized spacial score (nSPS) is 11.8. The van der Waals surface area contributed by atoms with Crippen molar-refractivity contribution < 1.29 is 4.79 Å². The summed E-state index contributed by atoms with van der Waals surface area (Å²) in [6.07, 6.45) is 8.88. The largest absolute Gasteiger partial charge is 0.349 e. The quantitative estimate of drug-likeness (QED) is 0.776. The lowest BCUT2D eigenvalue weighted by atomic mass is 10.1. The van der Waals surface area contributed by atoms with E-state index in [2.05, 4.69) is 25.3 Å². The molecule has 3 rings (SSSR count). The minimum absolute atomic E-state index is 0.0408. The molecule has 126 valence electrons. The highest BCUT2D eigenvalue weighted by Crippen LogP contribution is 2.12. The van der Waals surface area contributed by atoms with Gasteiger partial charge in [-0.15, -0.1) is 0 Å². The number of hydrogen-bond donors (Lipinski definition) is 1. The second-order valence-electron chi connectivity index (χ2n) is 5.88. The first-order valence-corrected chi connectivity index (χ1v) is 8.07. The highest BCUT2D eigenvalue weighted by atomic mass is 16.1. The molecule has 1 amide bonds. The summed E-state index contributed by atoms with van der Waals surface area (Å²) in [6.45, 7) is 3.97. The van der Waals surface area contributed by atoms with Gasteiger partial charge in [-0.2, -0.15) is 0 Å². The van der Waals surface area contributed by atoms with Crippen LogP contribution in [0.3, 0.4) is 0 Å². The van der Waals surface area contributed by atoms with E-state index in [-0.39, 0.29) is 11.9 Å². The fourth-order valence-electron chi connectivity index (χ4n) is 2.48. The van der Waals surface area contributed by atoms with Crippen molar-refractivity contribution in [1.29, 1.82) is 0 Å². The average Bonchev–Trinajstić information content (AvgIpc) is 2.64. The molecule has 0 bridgehead atoms. The molecule has 1 N–H and O–H groups in total. The molecule has 0 saturated carbocycles. The van der Waals surface area contributed by atoms with Gasteiger partial charge in [0.1, 0.15) is 0 Å². The minimum atomic E-state index is -0.192. The second-order valence-corrected chi connectivity index (χ2v) is 5.88. The molecule has 0 aromatic carbocycles. The molecule has 0 saturated heterocycles. The van der Waals surface area contributed by atoms with Gasteiger partial charge in [0.2, 0.25) is 0 Å². The van der Waals surface area contributed by atoms with Crippen LogP contribution in [0.5, 0.6) is 0 Å². The molecule has 25 heavy (non-hydrogen) atoms. The number of pyridine rings is 2. The Morgan fingerprint density at radius 2 is 1.80 bits per heavy atom. The third kappa shape index (κ3) is 4.23. The molecular formula is C19H19N5O. The SMILES string of the molecule is Cc1cccnc1C[C@H](C)NC(=O)c1cnc(-c2ccncc2)nc1. The van der Waals surface area contributed by atoms with Gasteiger partial charge in [0.25, 0.3) is 5.91 Å². The Bertz CT molecular complexity index is 849. The van der Waals surface area contributed by atoms with E-state index in [0.717, 1.165) is 16.8 Å². The van der Waals surface area contributed by atoms with Crippen LogP contribution in [-0.2, 0) is 6.42 Å². The standard InChI is InChI=1S/C19H19N5O/c1-13-4-3-7-21-17(13)10-14(2)24-19(25)16-11-22-18(23-12-16)15-5-8-20-9-6-15/h3-9,11-12,14H,10H2,1-2H3,(H,24,25)/t14-/m0/s1. The van der Waals surface area contributed by atoms with E-state index >= 15 is 0 Å². The van der Waals surface area contributed by atoms with Crippen LogP contribution in [0.25, 0.3) is 11.4 Å². The molecule has 0 aliphatic carbocycles. The van der Waals surface area contributed by atoms with E-state index in [1.54, 1.807) is 18.6 Å². The van der Waals surface area contributed by atoms with Crippen LogP contribution in [0.1, 0.15) is 28.5 Å². The molecule has 0 spiro atoms. The Morgan fingerprint density at radius 1 is 1.08 bits per heavy atom. The predicted octanol–water partition coefficient (Wildman–Crippen LogP) is 2.60. The summed E-state index contributed by atoms with van der Waals surface area (Å²) in [5, 5.41) is 2.96. The number of carbonyl (C=O) groups is 1. The molecule has 0 fully saturated rings. The summed E-state index contributed by atoms with van der Waals surface area (Å²) in [5.74, 6) is 0.374. The number of hydrogen-bond acceptors (Lipinski definition) is 5. The van der Waals surface area contributed by atoms with Gasteiger partial charge in [0.05, 0.1) is 5.56 Å². The van der Waals surface area contributed by atoms with Crippen molar-refractivity contribution in [2.75, 3.05) is 0 Å². The van der Waals surface area contributed by atoms with Crippen LogP contribution in [-0.4, -0.2) is 31.9 Å². The molecule has 3 heterocycles. The summed E-state index contributed by atoms with van der Waals surface area (Å²) in [4.78, 5) is 29.2. The molecule has 6 heteroatoms. The molecule has 0 aliphatic rings. The molecule has 0 radical (unpaired) electrons. The number of aryl methyl sites for hydroxylation is 1. The van der Waals surface area contributed by atoms with E-state index in [1.165, 1.54) is 12.4 Å². The fourth-order valence-corrected chi connectivity index (χ4v) is 2.48. The molecule has 6 nitrogen and oxygen atoms in total. The van der Waals surface area contributed by atoms with E-state index in [9.17, 15) is 4.79 Å². The molecule has 0 aliphatic heterocycles. The summed E-state index contributed by atoms with van der Waals surface area (Å²) in [5.41, 5.74) is 3.40. The lowest BCUT2D eigenvalue weighted by molar-refractivity contribution is 0.0939. The van der Waals surface area contributed by atoms with Crippen molar-refractivity contribution in [2.45, 2.75) is 26.3 Å². The average molecular weight is 333 g/mol. The van der Waals surface area contributed by atoms with E-state index in [4.69, 9.17) is 0 Å². The number of nitrogens with one attached hydrogen (secondary N) is 1. The van der Waals surface area contributed by atoms with Crippen LogP contribution in [0.15, 0.2) is 55.2 Å². The summed E-state index contributed by atoms with van der Waals surface area (Å²) in [6, 6.07) is 7.53. The first-order chi connectivity index (χ1) is 12.1. The summed E-state index contributed by atoms with van der Waals surface area (Å²) >= 11 is 0. The van der Waals surface area contributed by atoms with Gasteiger partial charge in [-0.3, -0.25) is 14.8 Å². The van der Waals surface area contributed by atoms with Crippen LogP contribution in [0.2, 0.25) is 0 Å². The minimum Gasteiger partial charge on any atom is -0.349 e. The van der Waals surface area contributed by atoms with Crippen LogP contribution in [0.4, 0.5) is 0 Å². The Balaban J connectivity index is 1.64. The maximum Gasteiger partial charge on any atom is 0.254 e. The van der Waals surface area contributed by atoms with Gasteiger partial charge >= 0.3 is 0 Å². The Hall–Kier alpha value is -3.15. The van der Waals surface area contributed by atoms with Crippen LogP contribution in [0, 0.1) is 6.92 Å². The first kappa shape index (κ1) is 16.7. The van der Waals surface area contributed by atoms with Crippen molar-refractivity contribution >= 4 is 5.91 Å². The third-order valence-electron chi connectivity index (χ3n) is 3.85. The van der Waals surface area contributed by atoms with Crippen molar-refractivity contribution in [1.82, 2.24) is 25.3 Å². The fraction of sp³-hybridized carbons (Fsp3) is 0.211. The monoisotopic (exact) mass is 333 g/mol. The molecular weight excluding hydrogens is 314 g/mol. The number of amides is 1. The van der Waals surface area contributed by atoms with E-state index < -0.39 is 0 Å². The van der Waals surface area contributed by atoms with Gasteiger partial charge in [-0.05, 0) is 37.6 Å².